The van der Waals surface area contributed by atoms with Gasteiger partial charge in [-0.25, -0.2) is 4.79 Å². The number of aromatic hydroxyl groups is 1. The van der Waals surface area contributed by atoms with Crippen molar-refractivity contribution in [2.45, 2.75) is 41.9 Å². The molecule has 0 aliphatic carbocycles. The molecule has 1 spiro atoms. The SMILES string of the molecule is CC(C)(C)NC(=O)[C@@H]1c2cccc(O)c2OC(=O)[C@@]12Sc1ccccc1NC2=O. The Bertz CT molecular complexity index is 1050. The lowest BCUT2D eigenvalue weighted by Crippen LogP contribution is -2.61. The van der Waals surface area contributed by atoms with Gasteiger partial charge in [0.15, 0.2) is 11.5 Å². The number of phenolic OH excluding ortho intramolecular Hbond substituents is 1. The van der Waals surface area contributed by atoms with Crippen molar-refractivity contribution in [2.75, 3.05) is 5.32 Å². The highest BCUT2D eigenvalue weighted by molar-refractivity contribution is 8.02. The largest absolute Gasteiger partial charge is 0.504 e. The van der Waals surface area contributed by atoms with Crippen molar-refractivity contribution in [1.29, 1.82) is 0 Å². The van der Waals surface area contributed by atoms with Gasteiger partial charge in [0, 0.05) is 16.0 Å². The van der Waals surface area contributed by atoms with Crippen LogP contribution in [0.4, 0.5) is 5.69 Å². The minimum atomic E-state index is -1.86. The molecule has 0 saturated heterocycles. The van der Waals surface area contributed by atoms with Crippen LogP contribution in [-0.2, 0) is 14.4 Å². The number of anilines is 1. The Morgan fingerprint density at radius 3 is 2.62 bits per heavy atom. The third kappa shape index (κ3) is 3.04. The van der Waals surface area contributed by atoms with Crippen molar-refractivity contribution in [3.8, 4) is 11.5 Å². The Balaban J connectivity index is 1.93. The molecule has 2 aliphatic heterocycles. The molecule has 0 unspecified atom stereocenters. The Hall–Kier alpha value is -3.00. The smallest absolute Gasteiger partial charge is 0.339 e. The summed E-state index contributed by atoms with van der Waals surface area (Å²) in [7, 11) is 0. The van der Waals surface area contributed by atoms with Gasteiger partial charge in [-0.05, 0) is 39.0 Å². The molecule has 0 aromatic heterocycles. The minimum absolute atomic E-state index is 0.0931. The van der Waals surface area contributed by atoms with Gasteiger partial charge in [-0.15, -0.1) is 0 Å². The van der Waals surface area contributed by atoms with Crippen molar-refractivity contribution in [2.24, 2.45) is 0 Å². The van der Waals surface area contributed by atoms with E-state index >= 15 is 0 Å². The van der Waals surface area contributed by atoms with Gasteiger partial charge < -0.3 is 20.5 Å². The van der Waals surface area contributed by atoms with E-state index in [9.17, 15) is 19.5 Å². The maximum absolute atomic E-state index is 13.4. The predicted octanol–water partition coefficient (Wildman–Crippen LogP) is 2.79. The third-order valence-corrected chi connectivity index (χ3v) is 6.23. The van der Waals surface area contributed by atoms with Crippen LogP contribution in [0.15, 0.2) is 47.4 Å². The monoisotopic (exact) mass is 412 g/mol. The van der Waals surface area contributed by atoms with Crippen molar-refractivity contribution in [1.82, 2.24) is 5.32 Å². The fraction of sp³-hybridized carbons (Fsp3) is 0.286. The second kappa shape index (κ2) is 6.52. The summed E-state index contributed by atoms with van der Waals surface area (Å²) in [5, 5.41) is 15.8. The van der Waals surface area contributed by atoms with Crippen LogP contribution in [0, 0.1) is 0 Å². The number of hydrogen-bond donors (Lipinski definition) is 3. The number of ether oxygens (including phenoxy) is 1. The first-order valence-electron chi connectivity index (χ1n) is 9.09. The summed E-state index contributed by atoms with van der Waals surface area (Å²) in [5.41, 5.74) is 0.260. The fourth-order valence-electron chi connectivity index (χ4n) is 3.57. The van der Waals surface area contributed by atoms with Gasteiger partial charge in [-0.2, -0.15) is 0 Å². The molecule has 8 heteroatoms. The molecule has 150 valence electrons. The van der Waals surface area contributed by atoms with Crippen LogP contribution in [0.5, 0.6) is 11.5 Å². The maximum Gasteiger partial charge on any atom is 0.339 e. The van der Waals surface area contributed by atoms with E-state index in [1.54, 1.807) is 36.4 Å². The highest BCUT2D eigenvalue weighted by Gasteiger charge is 2.63. The van der Waals surface area contributed by atoms with E-state index in [0.29, 0.717) is 10.6 Å². The van der Waals surface area contributed by atoms with Crippen molar-refractivity contribution >= 4 is 35.2 Å². The molecule has 29 heavy (non-hydrogen) atoms. The molecule has 2 heterocycles. The first-order chi connectivity index (χ1) is 13.6. The number of carbonyl (C=O) groups excluding carboxylic acids is 3. The average molecular weight is 412 g/mol. The Labute approximate surface area is 171 Å². The van der Waals surface area contributed by atoms with Crippen molar-refractivity contribution in [3.05, 3.63) is 48.0 Å². The number of thioether (sulfide) groups is 1. The highest BCUT2D eigenvalue weighted by atomic mass is 32.2. The summed E-state index contributed by atoms with van der Waals surface area (Å²) in [6.45, 7) is 5.43. The molecular formula is C21H20N2O5S. The average Bonchev–Trinajstić information content (AvgIpc) is 2.62. The van der Waals surface area contributed by atoms with E-state index in [-0.39, 0.29) is 17.1 Å². The molecule has 2 amide bonds. The van der Waals surface area contributed by atoms with Gasteiger partial charge >= 0.3 is 5.97 Å². The molecule has 2 aliphatic rings. The van der Waals surface area contributed by atoms with Gasteiger partial charge in [-0.3, -0.25) is 9.59 Å². The van der Waals surface area contributed by atoms with Gasteiger partial charge in [0.2, 0.25) is 10.7 Å². The van der Waals surface area contributed by atoms with Crippen LogP contribution in [0.25, 0.3) is 0 Å². The van der Waals surface area contributed by atoms with E-state index in [2.05, 4.69) is 10.6 Å². The van der Waals surface area contributed by atoms with Crippen LogP contribution >= 0.6 is 11.8 Å². The summed E-state index contributed by atoms with van der Waals surface area (Å²) in [6, 6.07) is 11.6. The summed E-state index contributed by atoms with van der Waals surface area (Å²) >= 11 is 0.999. The van der Waals surface area contributed by atoms with Crippen LogP contribution in [-0.4, -0.2) is 33.2 Å². The zero-order valence-corrected chi connectivity index (χ0v) is 16.9. The first kappa shape index (κ1) is 19.3. The first-order valence-corrected chi connectivity index (χ1v) is 9.91. The van der Waals surface area contributed by atoms with Crippen LogP contribution in [0.3, 0.4) is 0 Å². The summed E-state index contributed by atoms with van der Waals surface area (Å²) < 4.78 is 3.54. The number of para-hydroxylation sites is 2. The van der Waals surface area contributed by atoms with E-state index in [0.717, 1.165) is 11.8 Å². The number of hydrogen-bond acceptors (Lipinski definition) is 6. The standard InChI is InChI=1S/C21H20N2O5S/c1-20(2,3)23-17(25)15-11-7-6-9-13(24)16(11)28-19(27)21(15)18(26)22-12-8-4-5-10-14(12)29-21/h4-10,15,24H,1-3H3,(H,22,26)(H,23,25)/t15-,21+/m0/s1. The van der Waals surface area contributed by atoms with Crippen LogP contribution < -0.4 is 15.4 Å². The molecule has 2 aromatic rings. The third-order valence-electron chi connectivity index (χ3n) is 4.74. The number of fused-ring (bicyclic) bond motifs is 2. The lowest BCUT2D eigenvalue weighted by atomic mass is 9.80. The molecule has 7 nitrogen and oxygen atoms in total. The van der Waals surface area contributed by atoms with E-state index in [1.165, 1.54) is 6.07 Å². The lowest BCUT2D eigenvalue weighted by molar-refractivity contribution is -0.146. The normalized spacial score (nSPS) is 22.9. The number of carbonyl (C=O) groups is 3. The Morgan fingerprint density at radius 2 is 1.90 bits per heavy atom. The molecule has 0 fully saturated rings. The fourth-order valence-corrected chi connectivity index (χ4v) is 4.92. The van der Waals surface area contributed by atoms with Gasteiger partial charge in [0.05, 0.1) is 5.69 Å². The molecule has 2 aromatic carbocycles. The molecule has 0 radical (unpaired) electrons. The van der Waals surface area contributed by atoms with E-state index in [1.807, 2.05) is 20.8 Å². The Morgan fingerprint density at radius 1 is 1.17 bits per heavy atom. The number of phenols is 1. The summed E-state index contributed by atoms with van der Waals surface area (Å²) in [4.78, 5) is 40.5. The highest BCUT2D eigenvalue weighted by Crippen LogP contribution is 2.55. The van der Waals surface area contributed by atoms with Crippen LogP contribution in [0.2, 0.25) is 0 Å². The lowest BCUT2D eigenvalue weighted by Gasteiger charge is -2.42. The van der Waals surface area contributed by atoms with Crippen molar-refractivity contribution in [3.63, 3.8) is 0 Å². The second-order valence-corrected chi connectivity index (χ2v) is 9.33. The number of amides is 2. The van der Waals surface area contributed by atoms with E-state index < -0.39 is 34.0 Å². The van der Waals surface area contributed by atoms with Gasteiger partial charge in [-0.1, -0.05) is 36.0 Å². The quantitative estimate of drug-likeness (QED) is 0.378. The summed E-state index contributed by atoms with van der Waals surface area (Å²) in [5.74, 6) is -3.57. The number of esters is 1. The molecule has 2 atom stereocenters. The van der Waals surface area contributed by atoms with Crippen LogP contribution in [0.1, 0.15) is 32.3 Å². The van der Waals surface area contributed by atoms with Gasteiger partial charge in [0.1, 0.15) is 5.92 Å². The molecule has 0 saturated carbocycles. The molecule has 4 rings (SSSR count). The topological polar surface area (TPSA) is 105 Å². The summed E-state index contributed by atoms with van der Waals surface area (Å²) in [6.07, 6.45) is 0. The molecule has 3 N–H and O–H groups in total. The zero-order valence-electron chi connectivity index (χ0n) is 16.1. The zero-order chi connectivity index (χ0) is 21.0. The Kier molecular flexibility index (Phi) is 4.34. The second-order valence-electron chi connectivity index (χ2n) is 8.05. The number of nitrogens with one attached hydrogen (secondary N) is 2. The van der Waals surface area contributed by atoms with E-state index in [4.69, 9.17) is 4.74 Å². The minimum Gasteiger partial charge on any atom is -0.504 e. The number of rotatable bonds is 1. The van der Waals surface area contributed by atoms with Gasteiger partial charge in [0.25, 0.3) is 5.91 Å². The molecule has 0 bridgehead atoms. The molecular weight excluding hydrogens is 392 g/mol. The number of benzene rings is 2. The van der Waals surface area contributed by atoms with Crippen molar-refractivity contribution < 1.29 is 24.2 Å². The predicted molar refractivity (Wildman–Crippen MR) is 108 cm³/mol. The maximum atomic E-state index is 13.4.